The van der Waals surface area contributed by atoms with Gasteiger partial charge in [0.1, 0.15) is 17.3 Å². The molecule has 0 fully saturated rings. The molecule has 2 N–H and O–H groups in total. The minimum absolute atomic E-state index is 0.0460. The van der Waals surface area contributed by atoms with Crippen LogP contribution in [-0.2, 0) is 9.59 Å². The predicted octanol–water partition coefficient (Wildman–Crippen LogP) is 5.60. The first-order valence-electron chi connectivity index (χ1n) is 9.51. The van der Waals surface area contributed by atoms with Crippen LogP contribution in [0.25, 0.3) is 17.2 Å². The van der Waals surface area contributed by atoms with Crippen LogP contribution < -0.4 is 5.32 Å². The number of amides is 1. The molecule has 3 aromatic carbocycles. The second kappa shape index (κ2) is 9.15. The number of nitrogens with zero attached hydrogens (tertiary/aromatic N) is 1. The second-order valence-electron chi connectivity index (χ2n) is 6.96. The fourth-order valence-electron chi connectivity index (χ4n) is 3.26. The van der Waals surface area contributed by atoms with Gasteiger partial charge in [-0.05, 0) is 59.2 Å². The zero-order valence-corrected chi connectivity index (χ0v) is 18.0. The number of nitrogens with one attached hydrogen (secondary N) is 1. The van der Waals surface area contributed by atoms with Gasteiger partial charge in [0.2, 0.25) is 5.91 Å². The molecule has 4 aromatic rings. The maximum absolute atomic E-state index is 14.7. The summed E-state index contributed by atoms with van der Waals surface area (Å²) in [7, 11) is 0. The lowest BCUT2D eigenvalue weighted by molar-refractivity contribution is -0.137. The summed E-state index contributed by atoms with van der Waals surface area (Å²) in [5.41, 5.74) is 2.48. The van der Waals surface area contributed by atoms with E-state index in [4.69, 9.17) is 4.42 Å². The summed E-state index contributed by atoms with van der Waals surface area (Å²) in [5.74, 6) is -3.48. The summed E-state index contributed by atoms with van der Waals surface area (Å²) in [6.45, 7) is 0. The van der Waals surface area contributed by atoms with Gasteiger partial charge in [-0.25, -0.2) is 9.37 Å². The predicted molar refractivity (Wildman–Crippen MR) is 122 cm³/mol. The van der Waals surface area contributed by atoms with Crippen LogP contribution in [0.15, 0.2) is 82.0 Å². The van der Waals surface area contributed by atoms with E-state index in [2.05, 4.69) is 26.2 Å². The highest BCUT2D eigenvalue weighted by Gasteiger charge is 2.24. The number of aromatic nitrogens is 1. The summed E-state index contributed by atoms with van der Waals surface area (Å²) in [5, 5.41) is 12.2. The lowest BCUT2D eigenvalue weighted by Crippen LogP contribution is -2.14. The van der Waals surface area contributed by atoms with Crippen molar-refractivity contribution in [2.75, 3.05) is 5.32 Å². The lowest BCUT2D eigenvalue weighted by atomic mass is 9.91. The molecular formula is C24H16BrFN2O4. The average molecular weight is 495 g/mol. The Labute approximate surface area is 190 Å². The fourth-order valence-corrected chi connectivity index (χ4v) is 3.53. The van der Waals surface area contributed by atoms with Gasteiger partial charge in [0.05, 0.1) is 5.69 Å². The minimum Gasteiger partial charge on any atom is -0.481 e. The van der Waals surface area contributed by atoms with Crippen LogP contribution in [0.1, 0.15) is 22.6 Å². The maximum Gasteiger partial charge on any atom is 0.315 e. The van der Waals surface area contributed by atoms with E-state index in [0.717, 1.165) is 16.1 Å². The zero-order chi connectivity index (χ0) is 22.7. The van der Waals surface area contributed by atoms with Gasteiger partial charge in [-0.1, -0.05) is 40.2 Å². The molecule has 0 aliphatic heterocycles. The van der Waals surface area contributed by atoms with E-state index in [1.54, 1.807) is 24.3 Å². The summed E-state index contributed by atoms with van der Waals surface area (Å²) in [6, 6.07) is 16.1. The molecule has 4 rings (SSSR count). The van der Waals surface area contributed by atoms with Gasteiger partial charge in [0.15, 0.2) is 12.0 Å². The van der Waals surface area contributed by atoms with Crippen molar-refractivity contribution < 1.29 is 23.5 Å². The van der Waals surface area contributed by atoms with Gasteiger partial charge in [-0.3, -0.25) is 9.59 Å². The lowest BCUT2D eigenvalue weighted by Gasteiger charge is -2.14. The monoisotopic (exact) mass is 494 g/mol. The Kier molecular flexibility index (Phi) is 6.13. The number of aliphatic carboxylic acids is 1. The van der Waals surface area contributed by atoms with Gasteiger partial charge in [0, 0.05) is 10.5 Å². The number of hydrogen-bond acceptors (Lipinski definition) is 4. The quantitative estimate of drug-likeness (QED) is 0.340. The van der Waals surface area contributed by atoms with Crippen LogP contribution in [0.3, 0.4) is 0 Å². The standard InChI is InChI=1S/C24H16BrFN2O4/c25-17-6-1-14(2-7-17)3-10-22(29)28-19-8-4-15(11-18(19)26)23(24(30)31)16-5-9-21-20(12-16)27-13-32-21/h1-13,23H,(H,28,29)(H,30,31). The number of carboxylic acid groups (broad SMARTS) is 1. The highest BCUT2D eigenvalue weighted by molar-refractivity contribution is 9.10. The van der Waals surface area contributed by atoms with Gasteiger partial charge in [0.25, 0.3) is 0 Å². The fraction of sp³-hybridized carbons (Fsp3) is 0.0417. The van der Waals surface area contributed by atoms with Crippen molar-refractivity contribution >= 4 is 50.7 Å². The van der Waals surface area contributed by atoms with E-state index in [1.165, 1.54) is 24.6 Å². The van der Waals surface area contributed by atoms with Gasteiger partial charge < -0.3 is 14.8 Å². The molecule has 1 amide bonds. The molecule has 0 spiro atoms. The molecule has 32 heavy (non-hydrogen) atoms. The number of benzene rings is 3. The largest absolute Gasteiger partial charge is 0.481 e. The van der Waals surface area contributed by atoms with E-state index in [-0.39, 0.29) is 11.3 Å². The first kappa shape index (κ1) is 21.5. The third kappa shape index (κ3) is 4.76. The molecule has 0 aliphatic carbocycles. The van der Waals surface area contributed by atoms with Crippen LogP contribution in [0.5, 0.6) is 0 Å². The van der Waals surface area contributed by atoms with E-state index in [0.29, 0.717) is 16.7 Å². The van der Waals surface area contributed by atoms with Crippen molar-refractivity contribution in [3.63, 3.8) is 0 Å². The van der Waals surface area contributed by atoms with E-state index >= 15 is 0 Å². The summed E-state index contributed by atoms with van der Waals surface area (Å²) in [4.78, 5) is 28.1. The van der Waals surface area contributed by atoms with E-state index in [1.807, 2.05) is 24.3 Å². The SMILES string of the molecule is O=C(C=Cc1ccc(Br)cc1)Nc1ccc(C(C(=O)O)c2ccc3ocnc3c2)cc1F. The molecule has 0 bridgehead atoms. The number of carbonyl (C=O) groups is 2. The highest BCUT2D eigenvalue weighted by Crippen LogP contribution is 2.30. The summed E-state index contributed by atoms with van der Waals surface area (Å²) >= 11 is 3.34. The molecule has 1 aromatic heterocycles. The third-order valence-electron chi connectivity index (χ3n) is 4.82. The molecule has 0 aliphatic rings. The van der Waals surface area contributed by atoms with Crippen molar-refractivity contribution in [3.05, 3.63) is 100 Å². The highest BCUT2D eigenvalue weighted by atomic mass is 79.9. The van der Waals surface area contributed by atoms with E-state index in [9.17, 15) is 19.1 Å². The Hall–Kier alpha value is -3.78. The molecule has 160 valence electrons. The van der Waals surface area contributed by atoms with Gasteiger partial charge in [-0.15, -0.1) is 0 Å². The zero-order valence-electron chi connectivity index (χ0n) is 16.5. The molecule has 1 unspecified atom stereocenters. The van der Waals surface area contributed by atoms with Crippen LogP contribution in [0.4, 0.5) is 10.1 Å². The maximum atomic E-state index is 14.7. The normalized spacial score (nSPS) is 12.2. The number of fused-ring (bicyclic) bond motifs is 1. The first-order chi connectivity index (χ1) is 15.4. The first-order valence-corrected chi connectivity index (χ1v) is 10.3. The number of oxazole rings is 1. The second-order valence-corrected chi connectivity index (χ2v) is 7.88. The third-order valence-corrected chi connectivity index (χ3v) is 5.34. The summed E-state index contributed by atoms with van der Waals surface area (Å²) < 4.78 is 20.8. The van der Waals surface area contributed by atoms with Crippen LogP contribution in [-0.4, -0.2) is 22.0 Å². The Balaban J connectivity index is 1.53. The molecule has 0 radical (unpaired) electrons. The van der Waals surface area contributed by atoms with Gasteiger partial charge in [-0.2, -0.15) is 0 Å². The number of rotatable bonds is 6. The molecule has 1 atom stereocenters. The molecule has 0 saturated carbocycles. The van der Waals surface area contributed by atoms with Crippen molar-refractivity contribution in [2.24, 2.45) is 0 Å². The minimum atomic E-state index is -1.14. The molecular weight excluding hydrogens is 479 g/mol. The number of carboxylic acids is 1. The Morgan fingerprint density at radius 1 is 1.06 bits per heavy atom. The molecule has 0 saturated heterocycles. The Morgan fingerprint density at radius 2 is 1.78 bits per heavy atom. The Morgan fingerprint density at radius 3 is 2.50 bits per heavy atom. The number of halogens is 2. The smallest absolute Gasteiger partial charge is 0.315 e. The van der Waals surface area contributed by atoms with E-state index < -0.39 is 23.6 Å². The van der Waals surface area contributed by atoms with Crippen LogP contribution >= 0.6 is 15.9 Å². The average Bonchev–Trinajstić information content (AvgIpc) is 3.23. The molecule has 6 nitrogen and oxygen atoms in total. The van der Waals surface area contributed by atoms with Crippen LogP contribution in [0, 0.1) is 5.82 Å². The van der Waals surface area contributed by atoms with Crippen molar-refractivity contribution in [2.45, 2.75) is 5.92 Å². The summed E-state index contributed by atoms with van der Waals surface area (Å²) in [6.07, 6.45) is 4.17. The van der Waals surface area contributed by atoms with Crippen molar-refractivity contribution in [1.82, 2.24) is 4.98 Å². The topological polar surface area (TPSA) is 92.4 Å². The van der Waals surface area contributed by atoms with Gasteiger partial charge >= 0.3 is 5.97 Å². The number of hydrogen-bond donors (Lipinski definition) is 2. The van der Waals surface area contributed by atoms with Crippen molar-refractivity contribution in [1.29, 1.82) is 0 Å². The number of anilines is 1. The number of carbonyl (C=O) groups excluding carboxylic acids is 1. The molecule has 1 heterocycles. The van der Waals surface area contributed by atoms with Crippen LogP contribution in [0.2, 0.25) is 0 Å². The van der Waals surface area contributed by atoms with Crippen molar-refractivity contribution in [3.8, 4) is 0 Å². The Bertz CT molecular complexity index is 1330. The molecule has 8 heteroatoms.